The number of aliphatic hydroxyl groups is 3. The van der Waals surface area contributed by atoms with E-state index >= 15 is 0 Å². The Kier molecular flexibility index (Phi) is 54.9. The zero-order valence-electron chi connectivity index (χ0n) is 44.6. The van der Waals surface area contributed by atoms with Crippen LogP contribution in [0.3, 0.4) is 0 Å². The van der Waals surface area contributed by atoms with Gasteiger partial charge >= 0.3 is 0 Å². The first-order valence-corrected chi connectivity index (χ1v) is 29.8. The molecule has 0 aliphatic heterocycles. The van der Waals surface area contributed by atoms with Gasteiger partial charge in [0.15, 0.2) is 0 Å². The molecule has 3 atom stereocenters. The number of carbonyl (C=O) groups is 1. The zero-order valence-corrected chi connectivity index (χ0v) is 44.6. The maximum absolute atomic E-state index is 12.5. The Hall–Kier alpha value is -1.43. The van der Waals surface area contributed by atoms with E-state index in [4.69, 9.17) is 0 Å². The predicted octanol–water partition coefficient (Wildman–Crippen LogP) is 18.6. The lowest BCUT2D eigenvalue weighted by Gasteiger charge is -2.21. The van der Waals surface area contributed by atoms with Gasteiger partial charge in [-0.3, -0.25) is 4.79 Å². The molecule has 66 heavy (non-hydrogen) atoms. The smallest absolute Gasteiger partial charge is 0.222 e. The van der Waals surface area contributed by atoms with Gasteiger partial charge in [0.2, 0.25) is 5.91 Å². The monoisotopic (exact) mass is 928 g/mol. The van der Waals surface area contributed by atoms with Gasteiger partial charge in [0.05, 0.1) is 31.3 Å². The summed E-state index contributed by atoms with van der Waals surface area (Å²) in [6.07, 6.45) is 73.5. The van der Waals surface area contributed by atoms with E-state index in [1.807, 2.05) is 6.08 Å². The van der Waals surface area contributed by atoms with Crippen LogP contribution in [0.2, 0.25) is 0 Å². The van der Waals surface area contributed by atoms with E-state index in [-0.39, 0.29) is 18.9 Å². The number of nitrogens with one attached hydrogen (secondary N) is 1. The van der Waals surface area contributed by atoms with Crippen molar-refractivity contribution in [3.05, 3.63) is 36.5 Å². The van der Waals surface area contributed by atoms with Gasteiger partial charge in [-0.2, -0.15) is 0 Å². The van der Waals surface area contributed by atoms with Gasteiger partial charge in [-0.05, 0) is 44.9 Å². The molecule has 1 amide bonds. The summed E-state index contributed by atoms with van der Waals surface area (Å²) < 4.78 is 0. The van der Waals surface area contributed by atoms with Gasteiger partial charge < -0.3 is 20.6 Å². The van der Waals surface area contributed by atoms with Gasteiger partial charge in [0, 0.05) is 0 Å². The quantitative estimate of drug-likeness (QED) is 0.0361. The molecule has 0 saturated carbocycles. The molecule has 0 aromatic rings. The van der Waals surface area contributed by atoms with Crippen LogP contribution in [0.25, 0.3) is 0 Å². The van der Waals surface area contributed by atoms with Gasteiger partial charge in [-0.1, -0.05) is 307 Å². The fraction of sp³-hybridized carbons (Fsp3) is 0.885. The summed E-state index contributed by atoms with van der Waals surface area (Å²) in [6.45, 7) is 4.23. The highest BCUT2D eigenvalue weighted by atomic mass is 16.3. The van der Waals surface area contributed by atoms with Crippen LogP contribution in [0.4, 0.5) is 0 Å². The topological polar surface area (TPSA) is 89.8 Å². The number of carbonyl (C=O) groups excluding carboxylic acids is 1. The number of amides is 1. The van der Waals surface area contributed by atoms with Crippen molar-refractivity contribution in [2.24, 2.45) is 0 Å². The lowest BCUT2D eigenvalue weighted by Crippen LogP contribution is -2.45. The number of unbranched alkanes of at least 4 members (excludes halogenated alkanes) is 42. The molecule has 0 rings (SSSR count). The van der Waals surface area contributed by atoms with E-state index in [0.29, 0.717) is 6.42 Å². The predicted molar refractivity (Wildman–Crippen MR) is 291 cm³/mol. The second kappa shape index (κ2) is 56.2. The van der Waals surface area contributed by atoms with E-state index in [1.54, 1.807) is 6.08 Å². The number of hydrogen-bond acceptors (Lipinski definition) is 4. The van der Waals surface area contributed by atoms with Gasteiger partial charge in [0.25, 0.3) is 0 Å². The first-order valence-electron chi connectivity index (χ1n) is 29.8. The van der Waals surface area contributed by atoms with Crippen LogP contribution in [-0.2, 0) is 4.79 Å². The average Bonchev–Trinajstić information content (AvgIpc) is 3.31. The summed E-state index contributed by atoms with van der Waals surface area (Å²) >= 11 is 0. The fourth-order valence-electron chi connectivity index (χ4n) is 9.38. The summed E-state index contributed by atoms with van der Waals surface area (Å²) in [5.41, 5.74) is 0. The molecule has 0 radical (unpaired) electrons. The van der Waals surface area contributed by atoms with Crippen LogP contribution in [0.1, 0.15) is 322 Å². The summed E-state index contributed by atoms with van der Waals surface area (Å²) in [7, 11) is 0. The number of aliphatic hydroxyl groups excluding tert-OH is 3. The molecule has 0 saturated heterocycles. The maximum Gasteiger partial charge on any atom is 0.222 e. The normalized spacial score (nSPS) is 13.5. The molecule has 0 heterocycles. The van der Waals surface area contributed by atoms with Crippen molar-refractivity contribution in [3.8, 4) is 0 Å². The molecule has 0 fully saturated rings. The van der Waals surface area contributed by atoms with E-state index < -0.39 is 18.2 Å². The van der Waals surface area contributed by atoms with Crippen LogP contribution < -0.4 is 5.32 Å². The average molecular weight is 929 g/mol. The molecule has 4 N–H and O–H groups in total. The molecule has 3 unspecified atom stereocenters. The molecule has 390 valence electrons. The van der Waals surface area contributed by atoms with Crippen molar-refractivity contribution in [2.45, 2.75) is 340 Å². The largest absolute Gasteiger partial charge is 0.394 e. The van der Waals surface area contributed by atoms with Crippen molar-refractivity contribution in [2.75, 3.05) is 6.61 Å². The number of rotatable bonds is 55. The maximum atomic E-state index is 12.5. The Morgan fingerprint density at radius 3 is 0.970 bits per heavy atom. The molecule has 0 aliphatic rings. The van der Waals surface area contributed by atoms with Crippen molar-refractivity contribution in [3.63, 3.8) is 0 Å². The minimum Gasteiger partial charge on any atom is -0.394 e. The van der Waals surface area contributed by atoms with Crippen LogP contribution in [-0.4, -0.2) is 46.1 Å². The van der Waals surface area contributed by atoms with Crippen molar-refractivity contribution in [1.82, 2.24) is 5.32 Å². The molecular formula is C61H117NO4. The third kappa shape index (κ3) is 52.0. The minimum absolute atomic E-state index is 0.00579. The second-order valence-corrected chi connectivity index (χ2v) is 20.6. The van der Waals surface area contributed by atoms with Crippen LogP contribution in [0.5, 0.6) is 0 Å². The molecular weight excluding hydrogens is 811 g/mol. The third-order valence-corrected chi connectivity index (χ3v) is 13.9. The van der Waals surface area contributed by atoms with Crippen molar-refractivity contribution < 1.29 is 20.1 Å². The second-order valence-electron chi connectivity index (χ2n) is 20.6. The van der Waals surface area contributed by atoms with Gasteiger partial charge in [-0.25, -0.2) is 0 Å². The van der Waals surface area contributed by atoms with Crippen molar-refractivity contribution >= 4 is 5.91 Å². The van der Waals surface area contributed by atoms with Gasteiger partial charge in [-0.15, -0.1) is 0 Å². The highest BCUT2D eigenvalue weighted by molar-refractivity contribution is 5.76. The highest BCUT2D eigenvalue weighted by Crippen LogP contribution is 2.18. The van der Waals surface area contributed by atoms with E-state index in [9.17, 15) is 20.1 Å². The summed E-state index contributed by atoms with van der Waals surface area (Å²) in [5, 5.41) is 33.5. The summed E-state index contributed by atoms with van der Waals surface area (Å²) in [6, 6.07) is -0.767. The Morgan fingerprint density at radius 2 is 0.652 bits per heavy atom. The van der Waals surface area contributed by atoms with E-state index in [1.165, 1.54) is 257 Å². The third-order valence-electron chi connectivity index (χ3n) is 13.9. The summed E-state index contributed by atoms with van der Waals surface area (Å²) in [5.74, 6) is -0.324. The molecule has 0 aromatic heterocycles. The van der Waals surface area contributed by atoms with Crippen LogP contribution >= 0.6 is 0 Å². The molecule has 0 spiro atoms. The number of allylic oxidation sites excluding steroid dienone is 5. The standard InChI is InChI=1S/C61H117NO4/c1-3-5-7-9-11-13-15-17-19-21-23-25-26-27-28-29-30-31-32-33-35-36-38-40-42-44-46-48-50-52-54-58(64)56-61(66)62-59(57-63)60(65)55-53-51-49-47-45-43-41-39-37-34-24-22-20-18-16-14-12-10-8-6-4-2/h37,39,45,47,53,55,58-60,63-65H,3-36,38,40-44,46,48-52,54,56-57H2,1-2H3,(H,62,66)/b39-37+,47-45+,55-53+. The Morgan fingerprint density at radius 1 is 0.379 bits per heavy atom. The van der Waals surface area contributed by atoms with Crippen molar-refractivity contribution in [1.29, 1.82) is 0 Å². The Bertz CT molecular complexity index is 1020. The van der Waals surface area contributed by atoms with E-state index in [2.05, 4.69) is 43.5 Å². The molecule has 0 aromatic carbocycles. The molecule has 0 bridgehead atoms. The highest BCUT2D eigenvalue weighted by Gasteiger charge is 2.20. The Balaban J connectivity index is 3.56. The first kappa shape index (κ1) is 64.6. The van der Waals surface area contributed by atoms with Gasteiger partial charge in [0.1, 0.15) is 0 Å². The zero-order chi connectivity index (χ0) is 47.9. The number of hydrogen-bond donors (Lipinski definition) is 4. The minimum atomic E-state index is -0.959. The molecule has 0 aliphatic carbocycles. The lowest BCUT2D eigenvalue weighted by molar-refractivity contribution is -0.124. The SMILES string of the molecule is CCCCCCCCCCCCC/C=C/CC/C=C/CC/C=C/C(O)C(CO)NC(=O)CC(O)CCCCCCCCCCCCCCCCCCCCCCCCCCCCCCCC. The van der Waals surface area contributed by atoms with E-state index in [0.717, 1.165) is 38.5 Å². The lowest BCUT2D eigenvalue weighted by atomic mass is 10.0. The molecule has 5 heteroatoms. The summed E-state index contributed by atoms with van der Waals surface area (Å²) in [4.78, 5) is 12.5. The van der Waals surface area contributed by atoms with Crippen LogP contribution in [0, 0.1) is 0 Å². The van der Waals surface area contributed by atoms with Crippen LogP contribution in [0.15, 0.2) is 36.5 Å². The Labute approximate surface area is 413 Å². The first-order chi connectivity index (χ1) is 32.5. The molecule has 5 nitrogen and oxygen atoms in total. The fourth-order valence-corrected chi connectivity index (χ4v) is 9.38.